The van der Waals surface area contributed by atoms with Crippen LogP contribution in [-0.4, -0.2) is 44.3 Å². The average Bonchev–Trinajstić information content (AvgIpc) is 2.71. The Morgan fingerprint density at radius 2 is 0.909 bits per heavy atom. The number of allylic oxidation sites excluding steroid dienone is 2. The SMILES string of the molecule is CCOP(=O)(OCC)C(CCCCC=C(C)C)(P(=O)(OCC)OCC)P(=O)(OCC)OCC. The summed E-state index contributed by atoms with van der Waals surface area (Å²) in [7, 11) is -13.3. The van der Waals surface area contributed by atoms with Gasteiger partial charge >= 0.3 is 22.8 Å². The van der Waals surface area contributed by atoms with Gasteiger partial charge in [0.05, 0.1) is 39.6 Å². The summed E-state index contributed by atoms with van der Waals surface area (Å²) in [6.45, 7) is 13.6. The van der Waals surface area contributed by atoms with Crippen LogP contribution in [0.2, 0.25) is 0 Å². The molecule has 198 valence electrons. The Morgan fingerprint density at radius 3 is 1.15 bits per heavy atom. The Bertz CT molecular complexity index is 616. The molecule has 0 aliphatic carbocycles. The Labute approximate surface area is 200 Å². The number of unbranched alkanes of at least 4 members (excludes halogenated alkanes) is 2. The van der Waals surface area contributed by atoms with Crippen molar-refractivity contribution in [1.82, 2.24) is 0 Å². The maximum absolute atomic E-state index is 14.5. The van der Waals surface area contributed by atoms with Crippen molar-refractivity contribution in [3.05, 3.63) is 11.6 Å². The van der Waals surface area contributed by atoms with E-state index in [0.717, 1.165) is 6.42 Å². The number of rotatable bonds is 20. The Morgan fingerprint density at radius 1 is 0.606 bits per heavy atom. The second-order valence-corrected chi connectivity index (χ2v) is 15.2. The third-order valence-electron chi connectivity index (χ3n) is 4.63. The third kappa shape index (κ3) is 8.10. The van der Waals surface area contributed by atoms with Crippen LogP contribution < -0.4 is 0 Å². The van der Waals surface area contributed by atoms with Crippen LogP contribution in [0.5, 0.6) is 0 Å². The van der Waals surface area contributed by atoms with E-state index in [4.69, 9.17) is 27.1 Å². The minimum absolute atomic E-state index is 0.0344. The minimum Gasteiger partial charge on any atom is -0.308 e. The van der Waals surface area contributed by atoms with Crippen LogP contribution in [0.1, 0.15) is 81.1 Å². The van der Waals surface area contributed by atoms with Crippen LogP contribution in [0, 0.1) is 0 Å². The van der Waals surface area contributed by atoms with Gasteiger partial charge in [-0.05, 0) is 74.7 Å². The molecule has 0 aliphatic rings. The van der Waals surface area contributed by atoms with Gasteiger partial charge < -0.3 is 27.1 Å². The second-order valence-electron chi connectivity index (χ2n) is 7.30. The fraction of sp³-hybridized carbons (Fsp3) is 0.905. The zero-order valence-electron chi connectivity index (χ0n) is 21.7. The topological polar surface area (TPSA) is 107 Å². The monoisotopic (exact) mass is 534 g/mol. The molecule has 0 aromatic rings. The first kappa shape index (κ1) is 33.2. The summed E-state index contributed by atoms with van der Waals surface area (Å²) in [5, 5.41) is 0. The molecule has 0 amide bonds. The molecule has 33 heavy (non-hydrogen) atoms. The van der Waals surface area contributed by atoms with Crippen LogP contribution in [0.15, 0.2) is 11.6 Å². The zero-order valence-corrected chi connectivity index (χ0v) is 24.3. The van der Waals surface area contributed by atoms with Gasteiger partial charge in [0.2, 0.25) is 0 Å². The predicted octanol–water partition coefficient (Wildman–Crippen LogP) is 7.97. The molecule has 0 heterocycles. The van der Waals surface area contributed by atoms with E-state index in [1.54, 1.807) is 41.5 Å². The summed E-state index contributed by atoms with van der Waals surface area (Å²) >= 11 is 0. The Kier molecular flexibility index (Phi) is 16.1. The van der Waals surface area contributed by atoms with Gasteiger partial charge in [-0.25, -0.2) is 0 Å². The standard InChI is InChI=1S/C21H45O9P3/c1-9-25-31(22,26-10-2)21(19-17-15-16-18-20(7)8,32(23,27-11-3)28-12-4)33(24,29-13-5)30-14-6/h18H,9-17,19H2,1-8H3. The van der Waals surface area contributed by atoms with Crippen molar-refractivity contribution in [1.29, 1.82) is 0 Å². The summed E-state index contributed by atoms with van der Waals surface area (Å²) in [4.78, 5) is 0. The molecular weight excluding hydrogens is 489 g/mol. The van der Waals surface area contributed by atoms with Gasteiger partial charge in [0, 0.05) is 0 Å². The molecule has 0 spiro atoms. The maximum atomic E-state index is 14.5. The number of hydrogen-bond acceptors (Lipinski definition) is 9. The lowest BCUT2D eigenvalue weighted by Crippen LogP contribution is -2.35. The van der Waals surface area contributed by atoms with Gasteiger partial charge in [-0.3, -0.25) is 13.7 Å². The molecule has 0 radical (unpaired) electrons. The van der Waals surface area contributed by atoms with Gasteiger partial charge in [-0.15, -0.1) is 0 Å². The van der Waals surface area contributed by atoms with Crippen molar-refractivity contribution in [2.24, 2.45) is 0 Å². The first-order valence-electron chi connectivity index (χ1n) is 11.8. The van der Waals surface area contributed by atoms with E-state index < -0.39 is 27.4 Å². The average molecular weight is 535 g/mol. The highest BCUT2D eigenvalue weighted by Gasteiger charge is 2.76. The van der Waals surface area contributed by atoms with E-state index in [2.05, 4.69) is 6.08 Å². The molecule has 0 fully saturated rings. The smallest absolute Gasteiger partial charge is 0.308 e. The van der Waals surface area contributed by atoms with E-state index in [0.29, 0.717) is 12.8 Å². The zero-order chi connectivity index (χ0) is 25.6. The molecule has 0 aromatic carbocycles. The molecule has 0 rings (SSSR count). The van der Waals surface area contributed by atoms with Crippen molar-refractivity contribution < 1.29 is 40.8 Å². The summed E-state index contributed by atoms with van der Waals surface area (Å²) in [5.74, 6) is 0. The van der Waals surface area contributed by atoms with Crippen molar-refractivity contribution in [3.63, 3.8) is 0 Å². The first-order chi connectivity index (χ1) is 15.5. The van der Waals surface area contributed by atoms with E-state index in [-0.39, 0.29) is 46.1 Å². The van der Waals surface area contributed by atoms with Crippen molar-refractivity contribution >= 4 is 22.8 Å². The lowest BCUT2D eigenvalue weighted by atomic mass is 10.1. The van der Waals surface area contributed by atoms with Crippen LogP contribution in [0.3, 0.4) is 0 Å². The molecular formula is C21H45O9P3. The van der Waals surface area contributed by atoms with Gasteiger partial charge in [-0.1, -0.05) is 18.1 Å². The molecule has 9 nitrogen and oxygen atoms in total. The van der Waals surface area contributed by atoms with Crippen LogP contribution >= 0.6 is 22.8 Å². The Balaban J connectivity index is 7.18. The third-order valence-corrected chi connectivity index (χ3v) is 15.9. The summed E-state index contributed by atoms with van der Waals surface area (Å²) in [6.07, 6.45) is 3.74. The summed E-state index contributed by atoms with van der Waals surface area (Å²) < 4.78 is 75.2. The van der Waals surface area contributed by atoms with Gasteiger partial charge in [0.1, 0.15) is 0 Å². The van der Waals surface area contributed by atoms with E-state index in [1.807, 2.05) is 13.8 Å². The lowest BCUT2D eigenvalue weighted by Gasteiger charge is -2.44. The predicted molar refractivity (Wildman–Crippen MR) is 133 cm³/mol. The van der Waals surface area contributed by atoms with E-state index in [9.17, 15) is 13.7 Å². The van der Waals surface area contributed by atoms with Gasteiger partial charge in [0.25, 0.3) is 4.64 Å². The summed E-state index contributed by atoms with van der Waals surface area (Å²) in [6, 6.07) is 0. The minimum atomic E-state index is -4.43. The highest BCUT2D eigenvalue weighted by Crippen LogP contribution is 2.92. The normalized spacial score (nSPS) is 13.3. The maximum Gasteiger partial charge on any atom is 0.361 e. The summed E-state index contributed by atoms with van der Waals surface area (Å²) in [5.41, 5.74) is 1.17. The molecule has 0 saturated carbocycles. The fourth-order valence-electron chi connectivity index (χ4n) is 3.51. The van der Waals surface area contributed by atoms with Gasteiger partial charge in [0.15, 0.2) is 0 Å². The van der Waals surface area contributed by atoms with Crippen LogP contribution in [0.4, 0.5) is 0 Å². The van der Waals surface area contributed by atoms with E-state index in [1.165, 1.54) is 5.57 Å². The van der Waals surface area contributed by atoms with Crippen LogP contribution in [0.25, 0.3) is 0 Å². The van der Waals surface area contributed by atoms with Crippen molar-refractivity contribution in [2.45, 2.75) is 85.7 Å². The lowest BCUT2D eigenvalue weighted by molar-refractivity contribution is 0.164. The highest BCUT2D eigenvalue weighted by atomic mass is 31.3. The highest BCUT2D eigenvalue weighted by molar-refractivity contribution is 7.90. The molecule has 0 aromatic heterocycles. The second kappa shape index (κ2) is 16.0. The largest absolute Gasteiger partial charge is 0.361 e. The fourth-order valence-corrected chi connectivity index (χ4v) is 14.0. The molecule has 12 heteroatoms. The van der Waals surface area contributed by atoms with Gasteiger partial charge in [-0.2, -0.15) is 0 Å². The molecule has 0 bridgehead atoms. The first-order valence-corrected chi connectivity index (χ1v) is 16.5. The molecule has 0 unspecified atom stereocenters. The quantitative estimate of drug-likeness (QED) is 0.0873. The number of hydrogen-bond donors (Lipinski definition) is 0. The molecule has 0 N–H and O–H groups in total. The van der Waals surface area contributed by atoms with E-state index >= 15 is 0 Å². The molecule has 0 saturated heterocycles. The Hall–Kier alpha value is 0.190. The van der Waals surface area contributed by atoms with Crippen LogP contribution in [-0.2, 0) is 40.8 Å². The van der Waals surface area contributed by atoms with Crippen molar-refractivity contribution in [3.8, 4) is 0 Å². The molecule has 0 aliphatic heterocycles. The van der Waals surface area contributed by atoms with Crippen molar-refractivity contribution in [2.75, 3.05) is 39.6 Å². The molecule has 0 atom stereocenters.